The Kier molecular flexibility index (Phi) is 5.03. The summed E-state index contributed by atoms with van der Waals surface area (Å²) >= 11 is 0. The summed E-state index contributed by atoms with van der Waals surface area (Å²) in [7, 11) is 0. The van der Waals surface area contributed by atoms with Crippen molar-refractivity contribution in [2.75, 3.05) is 6.54 Å². The zero-order chi connectivity index (χ0) is 15.1. The van der Waals surface area contributed by atoms with Gasteiger partial charge in [-0.15, -0.1) is 0 Å². The SMILES string of the molecule is O=C(O)NCC1(NC(=O)OCc2ccccc2)CCCC1. The van der Waals surface area contributed by atoms with Gasteiger partial charge in [-0.05, 0) is 18.4 Å². The Morgan fingerprint density at radius 1 is 1.19 bits per heavy atom. The molecule has 0 bridgehead atoms. The smallest absolute Gasteiger partial charge is 0.407 e. The molecule has 1 aliphatic carbocycles. The molecule has 1 saturated carbocycles. The summed E-state index contributed by atoms with van der Waals surface area (Å²) in [6.07, 6.45) is 1.87. The molecule has 1 aromatic carbocycles. The van der Waals surface area contributed by atoms with E-state index in [2.05, 4.69) is 10.6 Å². The lowest BCUT2D eigenvalue weighted by Gasteiger charge is -2.29. The molecule has 3 N–H and O–H groups in total. The first-order chi connectivity index (χ1) is 10.1. The van der Waals surface area contributed by atoms with Gasteiger partial charge in [-0.3, -0.25) is 0 Å². The highest BCUT2D eigenvalue weighted by Crippen LogP contribution is 2.29. The lowest BCUT2D eigenvalue weighted by Crippen LogP contribution is -2.53. The van der Waals surface area contributed by atoms with E-state index < -0.39 is 17.7 Å². The normalized spacial score (nSPS) is 16.2. The lowest BCUT2D eigenvalue weighted by molar-refractivity contribution is 0.124. The number of amides is 2. The summed E-state index contributed by atoms with van der Waals surface area (Å²) in [6, 6.07) is 9.42. The van der Waals surface area contributed by atoms with Crippen molar-refractivity contribution in [1.82, 2.24) is 10.6 Å². The molecular weight excluding hydrogens is 272 g/mol. The molecule has 0 radical (unpaired) electrons. The maximum atomic E-state index is 11.9. The van der Waals surface area contributed by atoms with Crippen molar-refractivity contribution >= 4 is 12.2 Å². The summed E-state index contributed by atoms with van der Waals surface area (Å²) in [6.45, 7) is 0.415. The molecule has 0 aromatic heterocycles. The van der Waals surface area contributed by atoms with Gasteiger partial charge >= 0.3 is 12.2 Å². The van der Waals surface area contributed by atoms with Crippen molar-refractivity contribution in [1.29, 1.82) is 0 Å². The van der Waals surface area contributed by atoms with E-state index in [1.165, 1.54) is 0 Å². The van der Waals surface area contributed by atoms with Crippen LogP contribution in [0.4, 0.5) is 9.59 Å². The molecule has 0 unspecified atom stereocenters. The highest BCUT2D eigenvalue weighted by molar-refractivity contribution is 5.69. The third kappa shape index (κ3) is 4.66. The molecule has 21 heavy (non-hydrogen) atoms. The Hall–Kier alpha value is -2.24. The first-order valence-electron chi connectivity index (χ1n) is 7.05. The van der Waals surface area contributed by atoms with Crippen LogP contribution in [0.2, 0.25) is 0 Å². The van der Waals surface area contributed by atoms with Gasteiger partial charge in [-0.25, -0.2) is 9.59 Å². The van der Waals surface area contributed by atoms with Gasteiger partial charge in [-0.1, -0.05) is 43.2 Å². The minimum Gasteiger partial charge on any atom is -0.465 e. The van der Waals surface area contributed by atoms with Crippen molar-refractivity contribution in [3.8, 4) is 0 Å². The molecule has 0 heterocycles. The van der Waals surface area contributed by atoms with Crippen LogP contribution in [0, 0.1) is 0 Å². The summed E-state index contributed by atoms with van der Waals surface area (Å²) in [5.41, 5.74) is 0.392. The number of benzene rings is 1. The Morgan fingerprint density at radius 2 is 1.86 bits per heavy atom. The minimum absolute atomic E-state index is 0.203. The number of carbonyl (C=O) groups excluding carboxylic acids is 1. The van der Waals surface area contributed by atoms with Crippen molar-refractivity contribution < 1.29 is 19.4 Å². The monoisotopic (exact) mass is 292 g/mol. The first-order valence-corrected chi connectivity index (χ1v) is 7.05. The first kappa shape index (κ1) is 15.2. The molecule has 1 aliphatic rings. The number of nitrogens with one attached hydrogen (secondary N) is 2. The van der Waals surface area contributed by atoms with Crippen LogP contribution < -0.4 is 10.6 Å². The minimum atomic E-state index is -1.08. The number of hydrogen-bond acceptors (Lipinski definition) is 3. The van der Waals surface area contributed by atoms with Crippen molar-refractivity contribution in [3.05, 3.63) is 35.9 Å². The Bertz CT molecular complexity index is 484. The van der Waals surface area contributed by atoms with E-state index in [0.717, 1.165) is 31.2 Å². The van der Waals surface area contributed by atoms with Gasteiger partial charge in [-0.2, -0.15) is 0 Å². The fourth-order valence-corrected chi connectivity index (χ4v) is 2.62. The summed E-state index contributed by atoms with van der Waals surface area (Å²) in [5, 5.41) is 13.9. The summed E-state index contributed by atoms with van der Waals surface area (Å²) in [4.78, 5) is 22.6. The molecule has 0 atom stereocenters. The molecule has 2 amide bonds. The zero-order valence-electron chi connectivity index (χ0n) is 11.8. The van der Waals surface area contributed by atoms with Crippen molar-refractivity contribution in [2.45, 2.75) is 37.8 Å². The van der Waals surface area contributed by atoms with Crippen LogP contribution in [-0.2, 0) is 11.3 Å². The molecule has 2 rings (SSSR count). The number of rotatable bonds is 5. The number of hydrogen-bond donors (Lipinski definition) is 3. The molecule has 1 fully saturated rings. The van der Waals surface area contributed by atoms with Crippen LogP contribution in [0.5, 0.6) is 0 Å². The average Bonchev–Trinajstić information content (AvgIpc) is 2.93. The summed E-state index contributed by atoms with van der Waals surface area (Å²) in [5.74, 6) is 0. The third-order valence-corrected chi connectivity index (χ3v) is 3.72. The average molecular weight is 292 g/mol. The molecule has 6 heteroatoms. The van der Waals surface area contributed by atoms with E-state index in [-0.39, 0.29) is 13.2 Å². The molecule has 114 valence electrons. The largest absolute Gasteiger partial charge is 0.465 e. The molecule has 1 aromatic rings. The molecule has 0 spiro atoms. The van der Waals surface area contributed by atoms with Crippen LogP contribution in [-0.4, -0.2) is 29.4 Å². The van der Waals surface area contributed by atoms with Gasteiger partial charge in [0.15, 0.2) is 0 Å². The summed E-state index contributed by atoms with van der Waals surface area (Å²) < 4.78 is 5.20. The highest BCUT2D eigenvalue weighted by atomic mass is 16.5. The van der Waals surface area contributed by atoms with Gasteiger partial charge in [0.1, 0.15) is 6.61 Å². The van der Waals surface area contributed by atoms with Crippen LogP contribution in [0.25, 0.3) is 0 Å². The molecule has 6 nitrogen and oxygen atoms in total. The Balaban J connectivity index is 1.85. The fraction of sp³-hybridized carbons (Fsp3) is 0.467. The quantitative estimate of drug-likeness (QED) is 0.778. The Labute approximate surface area is 123 Å². The zero-order valence-corrected chi connectivity index (χ0v) is 11.8. The molecule has 0 aliphatic heterocycles. The maximum Gasteiger partial charge on any atom is 0.407 e. The lowest BCUT2D eigenvalue weighted by atomic mass is 9.98. The second-order valence-electron chi connectivity index (χ2n) is 5.33. The van der Waals surface area contributed by atoms with Gasteiger partial charge in [0, 0.05) is 6.54 Å². The standard InChI is InChI=1S/C15H20N2O4/c18-13(19)16-11-15(8-4-5-9-15)17-14(20)21-10-12-6-2-1-3-7-12/h1-3,6-7,16H,4-5,8-11H2,(H,17,20)(H,18,19). The highest BCUT2D eigenvalue weighted by Gasteiger charge is 2.36. The number of carboxylic acid groups (broad SMARTS) is 1. The van der Waals surface area contributed by atoms with Gasteiger partial charge in [0.25, 0.3) is 0 Å². The van der Waals surface area contributed by atoms with E-state index in [0.29, 0.717) is 0 Å². The number of ether oxygens (including phenoxy) is 1. The molecule has 0 saturated heterocycles. The van der Waals surface area contributed by atoms with Crippen LogP contribution in [0.15, 0.2) is 30.3 Å². The number of alkyl carbamates (subject to hydrolysis) is 1. The molecular formula is C15H20N2O4. The Morgan fingerprint density at radius 3 is 2.48 bits per heavy atom. The second-order valence-corrected chi connectivity index (χ2v) is 5.33. The van der Waals surface area contributed by atoms with E-state index >= 15 is 0 Å². The third-order valence-electron chi connectivity index (χ3n) is 3.72. The van der Waals surface area contributed by atoms with Gasteiger partial charge in [0.05, 0.1) is 5.54 Å². The van der Waals surface area contributed by atoms with Crippen molar-refractivity contribution in [2.24, 2.45) is 0 Å². The fourth-order valence-electron chi connectivity index (χ4n) is 2.62. The van der Waals surface area contributed by atoms with E-state index in [1.807, 2.05) is 30.3 Å². The van der Waals surface area contributed by atoms with Crippen LogP contribution >= 0.6 is 0 Å². The predicted octanol–water partition coefficient (Wildman–Crippen LogP) is 2.49. The van der Waals surface area contributed by atoms with Crippen LogP contribution in [0.3, 0.4) is 0 Å². The van der Waals surface area contributed by atoms with E-state index in [4.69, 9.17) is 9.84 Å². The topological polar surface area (TPSA) is 87.7 Å². The number of carbonyl (C=O) groups is 2. The maximum absolute atomic E-state index is 11.9. The van der Waals surface area contributed by atoms with E-state index in [9.17, 15) is 9.59 Å². The van der Waals surface area contributed by atoms with Crippen molar-refractivity contribution in [3.63, 3.8) is 0 Å². The van der Waals surface area contributed by atoms with Gasteiger partial charge < -0.3 is 20.5 Å². The van der Waals surface area contributed by atoms with Crippen LogP contribution in [0.1, 0.15) is 31.2 Å². The van der Waals surface area contributed by atoms with E-state index in [1.54, 1.807) is 0 Å². The second kappa shape index (κ2) is 6.97. The van der Waals surface area contributed by atoms with Gasteiger partial charge in [0.2, 0.25) is 0 Å². The predicted molar refractivity (Wildman–Crippen MR) is 77.0 cm³/mol.